The number of phenols is 1. The average molecular weight is 333 g/mol. The highest BCUT2D eigenvalue weighted by Crippen LogP contribution is 2.20. The van der Waals surface area contributed by atoms with Crippen LogP contribution in [0.15, 0.2) is 18.2 Å². The van der Waals surface area contributed by atoms with Gasteiger partial charge in [-0.15, -0.1) is 0 Å². The Kier molecular flexibility index (Phi) is 3.65. The molecule has 0 bridgehead atoms. The van der Waals surface area contributed by atoms with Gasteiger partial charge in [0, 0.05) is 10.2 Å². The van der Waals surface area contributed by atoms with Crippen LogP contribution in [0.1, 0.15) is 16.8 Å². The number of ether oxygens (including phenoxy) is 1. The van der Waals surface area contributed by atoms with Gasteiger partial charge in [-0.2, -0.15) is 0 Å². The van der Waals surface area contributed by atoms with Crippen molar-refractivity contribution in [3.8, 4) is 5.75 Å². The average Bonchev–Trinajstić information content (AvgIpc) is 2.74. The topological polar surface area (TPSA) is 58.6 Å². The molecule has 1 amide bonds. The summed E-state index contributed by atoms with van der Waals surface area (Å²) in [5, 5.41) is 12.4. The van der Waals surface area contributed by atoms with E-state index in [1.165, 1.54) is 6.07 Å². The zero-order valence-corrected chi connectivity index (χ0v) is 10.7. The summed E-state index contributed by atoms with van der Waals surface area (Å²) in [6.07, 6.45) is 0.830. The van der Waals surface area contributed by atoms with Crippen molar-refractivity contribution < 1.29 is 14.6 Å². The first kappa shape index (κ1) is 11.7. The minimum atomic E-state index is -0.244. The number of halogens is 1. The van der Waals surface area contributed by atoms with Crippen molar-refractivity contribution in [3.63, 3.8) is 0 Å². The Hall–Kier alpha value is -0.820. The lowest BCUT2D eigenvalue weighted by Gasteiger charge is -2.11. The van der Waals surface area contributed by atoms with Gasteiger partial charge in [-0.25, -0.2) is 0 Å². The number of rotatable bonds is 2. The molecule has 4 nitrogen and oxygen atoms in total. The maximum absolute atomic E-state index is 11.8. The molecule has 1 unspecified atom stereocenters. The van der Waals surface area contributed by atoms with Crippen molar-refractivity contribution in [2.24, 2.45) is 0 Å². The van der Waals surface area contributed by atoms with Gasteiger partial charge in [-0.1, -0.05) is 0 Å². The van der Waals surface area contributed by atoms with Crippen LogP contribution in [-0.4, -0.2) is 30.3 Å². The van der Waals surface area contributed by atoms with Gasteiger partial charge < -0.3 is 15.2 Å². The molecule has 0 spiro atoms. The highest BCUT2D eigenvalue weighted by atomic mass is 127. The first-order chi connectivity index (χ1) is 7.66. The van der Waals surface area contributed by atoms with Gasteiger partial charge in [0.05, 0.1) is 18.2 Å². The Morgan fingerprint density at radius 3 is 3.06 bits per heavy atom. The largest absolute Gasteiger partial charge is 0.507 e. The van der Waals surface area contributed by atoms with Crippen LogP contribution in [0.5, 0.6) is 5.75 Å². The van der Waals surface area contributed by atoms with E-state index < -0.39 is 0 Å². The summed E-state index contributed by atoms with van der Waals surface area (Å²) in [6.45, 7) is 1.24. The number of amides is 1. The van der Waals surface area contributed by atoms with Crippen LogP contribution in [0, 0.1) is 3.57 Å². The zero-order chi connectivity index (χ0) is 11.5. The molecular weight excluding hydrogens is 321 g/mol. The molecule has 5 heteroatoms. The molecule has 1 saturated heterocycles. The van der Waals surface area contributed by atoms with E-state index in [9.17, 15) is 9.90 Å². The number of carbonyl (C=O) groups excluding carboxylic acids is 1. The standard InChI is InChI=1S/C11H12INO3/c12-7-1-2-10(14)9(5-7)11(15)13-8-3-4-16-6-8/h1-2,5,8,14H,3-4,6H2,(H,13,15). The second-order valence-corrected chi connectivity index (χ2v) is 4.94. The normalized spacial score (nSPS) is 19.7. The predicted molar refractivity (Wildman–Crippen MR) is 67.5 cm³/mol. The molecule has 1 aromatic carbocycles. The van der Waals surface area contributed by atoms with Gasteiger partial charge in [0.25, 0.3) is 5.91 Å². The second-order valence-electron chi connectivity index (χ2n) is 3.70. The molecular formula is C11H12INO3. The molecule has 0 saturated carbocycles. The molecule has 0 aliphatic carbocycles. The lowest BCUT2D eigenvalue weighted by atomic mass is 10.1. The van der Waals surface area contributed by atoms with Gasteiger partial charge in [-0.3, -0.25) is 4.79 Å². The number of hydrogen-bond acceptors (Lipinski definition) is 3. The minimum absolute atomic E-state index is 0.0110. The number of hydrogen-bond donors (Lipinski definition) is 2. The van der Waals surface area contributed by atoms with Crippen LogP contribution in [0.3, 0.4) is 0 Å². The van der Waals surface area contributed by atoms with Crippen LogP contribution in [0.4, 0.5) is 0 Å². The van der Waals surface area contributed by atoms with Crippen molar-refractivity contribution in [1.29, 1.82) is 0 Å². The molecule has 86 valence electrons. The Labute approximate surface area is 107 Å². The molecule has 1 fully saturated rings. The third kappa shape index (κ3) is 2.65. The first-order valence-corrected chi connectivity index (χ1v) is 6.12. The molecule has 1 aliphatic rings. The van der Waals surface area contributed by atoms with Crippen molar-refractivity contribution in [2.75, 3.05) is 13.2 Å². The van der Waals surface area contributed by atoms with Crippen molar-refractivity contribution in [1.82, 2.24) is 5.32 Å². The fraction of sp³-hybridized carbons (Fsp3) is 0.364. The fourth-order valence-electron chi connectivity index (χ4n) is 1.60. The summed E-state index contributed by atoms with van der Waals surface area (Å²) in [5.74, 6) is -0.233. The van der Waals surface area contributed by atoms with Gasteiger partial charge in [0.15, 0.2) is 0 Å². The second kappa shape index (κ2) is 5.01. The number of aromatic hydroxyl groups is 1. The quantitative estimate of drug-likeness (QED) is 0.807. The number of carbonyl (C=O) groups is 1. The molecule has 0 radical (unpaired) electrons. The molecule has 2 rings (SSSR count). The summed E-state index contributed by atoms with van der Waals surface area (Å²) in [7, 11) is 0. The van der Waals surface area contributed by atoms with Gasteiger partial charge in [0.1, 0.15) is 5.75 Å². The molecule has 1 aliphatic heterocycles. The molecule has 1 aromatic rings. The number of nitrogens with one attached hydrogen (secondary N) is 1. The summed E-state index contributed by atoms with van der Waals surface area (Å²) in [4.78, 5) is 11.8. The lowest BCUT2D eigenvalue weighted by Crippen LogP contribution is -2.35. The highest BCUT2D eigenvalue weighted by Gasteiger charge is 2.20. The molecule has 16 heavy (non-hydrogen) atoms. The molecule has 2 N–H and O–H groups in total. The van der Waals surface area contributed by atoms with E-state index in [1.54, 1.807) is 12.1 Å². The lowest BCUT2D eigenvalue weighted by molar-refractivity contribution is 0.0927. The van der Waals surface area contributed by atoms with E-state index in [0.29, 0.717) is 18.8 Å². The van der Waals surface area contributed by atoms with Gasteiger partial charge in [-0.05, 0) is 47.2 Å². The van der Waals surface area contributed by atoms with Gasteiger partial charge in [0.2, 0.25) is 0 Å². The Bertz CT molecular complexity index is 402. The van der Waals surface area contributed by atoms with Crippen LogP contribution in [0.2, 0.25) is 0 Å². The fourth-order valence-corrected chi connectivity index (χ4v) is 2.09. The minimum Gasteiger partial charge on any atom is -0.507 e. The van der Waals surface area contributed by atoms with E-state index in [1.807, 2.05) is 0 Å². The Balaban J connectivity index is 2.10. The predicted octanol–water partition coefficient (Wildman–Crippen LogP) is 1.52. The highest BCUT2D eigenvalue weighted by molar-refractivity contribution is 14.1. The molecule has 1 atom stereocenters. The Morgan fingerprint density at radius 1 is 1.56 bits per heavy atom. The third-order valence-electron chi connectivity index (χ3n) is 2.47. The van der Waals surface area contributed by atoms with E-state index in [-0.39, 0.29) is 17.7 Å². The summed E-state index contributed by atoms with van der Waals surface area (Å²) in [5.41, 5.74) is 0.318. The van der Waals surface area contributed by atoms with Crippen molar-refractivity contribution >= 4 is 28.5 Å². The van der Waals surface area contributed by atoms with Crippen LogP contribution >= 0.6 is 22.6 Å². The van der Waals surface area contributed by atoms with E-state index in [0.717, 1.165) is 9.99 Å². The van der Waals surface area contributed by atoms with Crippen LogP contribution < -0.4 is 5.32 Å². The maximum atomic E-state index is 11.8. The zero-order valence-electron chi connectivity index (χ0n) is 8.57. The van der Waals surface area contributed by atoms with Crippen molar-refractivity contribution in [2.45, 2.75) is 12.5 Å². The third-order valence-corrected chi connectivity index (χ3v) is 3.14. The molecule has 0 aromatic heterocycles. The van der Waals surface area contributed by atoms with E-state index in [2.05, 4.69) is 27.9 Å². The van der Waals surface area contributed by atoms with Gasteiger partial charge >= 0.3 is 0 Å². The van der Waals surface area contributed by atoms with E-state index in [4.69, 9.17) is 4.74 Å². The number of benzene rings is 1. The Morgan fingerprint density at radius 2 is 2.38 bits per heavy atom. The number of phenolic OH excluding ortho intramolecular Hbond substituents is 1. The summed E-state index contributed by atoms with van der Waals surface area (Å²) < 4.78 is 6.09. The summed E-state index contributed by atoms with van der Waals surface area (Å²) >= 11 is 2.10. The SMILES string of the molecule is O=C(NC1CCOC1)c1cc(I)ccc1O. The molecule has 1 heterocycles. The van der Waals surface area contributed by atoms with E-state index >= 15 is 0 Å². The van der Waals surface area contributed by atoms with Crippen LogP contribution in [0.25, 0.3) is 0 Å². The van der Waals surface area contributed by atoms with Crippen molar-refractivity contribution in [3.05, 3.63) is 27.3 Å². The summed E-state index contributed by atoms with van der Waals surface area (Å²) in [6, 6.07) is 5.01. The monoisotopic (exact) mass is 333 g/mol. The smallest absolute Gasteiger partial charge is 0.255 e. The maximum Gasteiger partial charge on any atom is 0.255 e. The first-order valence-electron chi connectivity index (χ1n) is 5.04. The van der Waals surface area contributed by atoms with Crippen LogP contribution in [-0.2, 0) is 4.74 Å².